The highest BCUT2D eigenvalue weighted by atomic mass is 32.1. The van der Waals surface area contributed by atoms with Crippen LogP contribution in [0, 0.1) is 28.1 Å². The van der Waals surface area contributed by atoms with Crippen molar-refractivity contribution in [3.05, 3.63) is 23.2 Å². The summed E-state index contributed by atoms with van der Waals surface area (Å²) in [6.07, 6.45) is 3.06. The predicted octanol–water partition coefficient (Wildman–Crippen LogP) is 2.77. The summed E-state index contributed by atoms with van der Waals surface area (Å²) < 4.78 is 0. The van der Waals surface area contributed by atoms with E-state index in [1.54, 1.807) is 10.8 Å². The zero-order chi connectivity index (χ0) is 18.1. The van der Waals surface area contributed by atoms with Crippen molar-refractivity contribution < 1.29 is 9.59 Å². The number of nitriles is 2. The number of hydrogen-bond acceptors (Lipinski definition) is 8. The first kappa shape index (κ1) is 18.5. The van der Waals surface area contributed by atoms with Crippen molar-refractivity contribution in [2.75, 3.05) is 10.6 Å². The summed E-state index contributed by atoms with van der Waals surface area (Å²) in [7, 11) is 0. The highest BCUT2D eigenvalue weighted by Crippen LogP contribution is 2.34. The van der Waals surface area contributed by atoms with Crippen molar-refractivity contribution in [1.82, 2.24) is 9.97 Å². The van der Waals surface area contributed by atoms with Crippen LogP contribution in [0.15, 0.2) is 23.2 Å². The largest absolute Gasteiger partial charge is 0.301 e. The van der Waals surface area contributed by atoms with Gasteiger partial charge >= 0.3 is 0 Å². The molecule has 0 aliphatic heterocycles. The second kappa shape index (κ2) is 8.87. The average Bonchev–Trinajstić information content (AvgIpc) is 3.29. The van der Waals surface area contributed by atoms with Crippen LogP contribution in [0.4, 0.5) is 10.3 Å². The molecule has 0 aliphatic rings. The van der Waals surface area contributed by atoms with Gasteiger partial charge in [-0.05, 0) is 12.8 Å². The number of nitrogens with one attached hydrogen (secondary N) is 2. The Morgan fingerprint density at radius 2 is 1.40 bits per heavy atom. The lowest BCUT2D eigenvalue weighted by molar-refractivity contribution is -0.138. The highest BCUT2D eigenvalue weighted by Gasteiger charge is 2.45. The Balaban J connectivity index is 2.31. The van der Waals surface area contributed by atoms with Crippen LogP contribution in [0.1, 0.15) is 25.7 Å². The Bertz CT molecular complexity index is 721. The van der Waals surface area contributed by atoms with E-state index in [0.717, 1.165) is 0 Å². The van der Waals surface area contributed by atoms with E-state index in [0.29, 0.717) is 10.3 Å². The molecule has 2 amide bonds. The summed E-state index contributed by atoms with van der Waals surface area (Å²) in [6, 6.07) is 3.92. The Morgan fingerprint density at radius 3 is 1.72 bits per heavy atom. The van der Waals surface area contributed by atoms with Gasteiger partial charge in [0.1, 0.15) is 5.41 Å². The van der Waals surface area contributed by atoms with Gasteiger partial charge in [0, 0.05) is 36.0 Å². The van der Waals surface area contributed by atoms with Crippen molar-refractivity contribution in [1.29, 1.82) is 10.5 Å². The number of carbonyl (C=O) groups is 2. The van der Waals surface area contributed by atoms with Gasteiger partial charge in [-0.25, -0.2) is 9.97 Å². The molecule has 10 heteroatoms. The first-order chi connectivity index (χ1) is 12.1. The molecule has 0 aliphatic carbocycles. The van der Waals surface area contributed by atoms with E-state index in [-0.39, 0.29) is 25.7 Å². The van der Waals surface area contributed by atoms with E-state index in [4.69, 9.17) is 10.5 Å². The van der Waals surface area contributed by atoms with Crippen molar-refractivity contribution in [3.63, 3.8) is 0 Å². The minimum atomic E-state index is -1.55. The van der Waals surface area contributed by atoms with E-state index in [9.17, 15) is 9.59 Å². The van der Waals surface area contributed by atoms with Crippen LogP contribution in [-0.2, 0) is 9.59 Å². The summed E-state index contributed by atoms with van der Waals surface area (Å²) in [5.41, 5.74) is -1.55. The first-order valence-corrected chi connectivity index (χ1v) is 9.04. The molecule has 2 aromatic heterocycles. The zero-order valence-corrected chi connectivity index (χ0v) is 14.7. The lowest BCUT2D eigenvalue weighted by atomic mass is 9.77. The van der Waals surface area contributed by atoms with Crippen molar-refractivity contribution in [2.24, 2.45) is 5.41 Å². The Morgan fingerprint density at radius 1 is 0.960 bits per heavy atom. The molecule has 2 rings (SSSR count). The second-order valence-electron chi connectivity index (χ2n) is 4.98. The van der Waals surface area contributed by atoms with E-state index in [2.05, 4.69) is 20.6 Å². The van der Waals surface area contributed by atoms with Gasteiger partial charge < -0.3 is 10.6 Å². The molecule has 0 atom stereocenters. The smallest absolute Gasteiger partial charge is 0.241 e. The lowest BCUT2D eigenvalue weighted by Gasteiger charge is -2.29. The van der Waals surface area contributed by atoms with Gasteiger partial charge in [-0.2, -0.15) is 10.5 Å². The van der Waals surface area contributed by atoms with Gasteiger partial charge in [-0.1, -0.05) is 0 Å². The van der Waals surface area contributed by atoms with E-state index < -0.39 is 17.2 Å². The summed E-state index contributed by atoms with van der Waals surface area (Å²) in [5, 5.41) is 27.2. The highest BCUT2D eigenvalue weighted by molar-refractivity contribution is 7.14. The SMILES string of the molecule is N#CCCC(CCC#N)(C(=O)Nc1nccs1)C(=O)Nc1nccs1. The molecule has 0 radical (unpaired) electrons. The van der Waals surface area contributed by atoms with Crippen LogP contribution in [0.2, 0.25) is 0 Å². The summed E-state index contributed by atoms with van der Waals surface area (Å²) >= 11 is 2.43. The summed E-state index contributed by atoms with van der Waals surface area (Å²) in [6.45, 7) is 0. The standard InChI is InChI=1S/C15H14N6O2S2/c16-5-1-3-15(4-2-6-17,11(22)20-13-18-7-9-24-13)12(23)21-14-19-8-10-25-14/h7-10H,1-4H2,(H,18,20,22)(H,19,21,23). The van der Waals surface area contributed by atoms with E-state index >= 15 is 0 Å². The molecule has 0 aromatic carbocycles. The van der Waals surface area contributed by atoms with E-state index in [1.807, 2.05) is 12.1 Å². The van der Waals surface area contributed by atoms with Gasteiger partial charge in [0.2, 0.25) is 11.8 Å². The third kappa shape index (κ3) is 4.59. The van der Waals surface area contributed by atoms with Gasteiger partial charge in [0.15, 0.2) is 10.3 Å². The Labute approximate surface area is 152 Å². The third-order valence-corrected chi connectivity index (χ3v) is 4.88. The fourth-order valence-electron chi connectivity index (χ4n) is 2.22. The van der Waals surface area contributed by atoms with Crippen LogP contribution in [-0.4, -0.2) is 21.8 Å². The maximum atomic E-state index is 12.9. The molecular weight excluding hydrogens is 360 g/mol. The van der Waals surface area contributed by atoms with Crippen LogP contribution in [0.5, 0.6) is 0 Å². The fraction of sp³-hybridized carbons (Fsp3) is 0.333. The summed E-state index contributed by atoms with van der Waals surface area (Å²) in [4.78, 5) is 33.7. The number of thiazole rings is 2. The maximum absolute atomic E-state index is 12.9. The van der Waals surface area contributed by atoms with Crippen LogP contribution < -0.4 is 10.6 Å². The maximum Gasteiger partial charge on any atom is 0.241 e. The molecule has 8 nitrogen and oxygen atoms in total. The second-order valence-corrected chi connectivity index (χ2v) is 6.77. The molecule has 0 bridgehead atoms. The van der Waals surface area contributed by atoms with Gasteiger partial charge in [-0.15, -0.1) is 22.7 Å². The molecule has 0 unspecified atom stereocenters. The summed E-state index contributed by atoms with van der Waals surface area (Å²) in [5.74, 6) is -1.16. The van der Waals surface area contributed by atoms with Gasteiger partial charge in [0.25, 0.3) is 0 Å². The lowest BCUT2D eigenvalue weighted by Crippen LogP contribution is -2.46. The average molecular weight is 374 g/mol. The van der Waals surface area contributed by atoms with E-state index in [1.165, 1.54) is 35.1 Å². The molecule has 2 N–H and O–H groups in total. The molecule has 0 fully saturated rings. The number of hydrogen-bond donors (Lipinski definition) is 2. The minimum Gasteiger partial charge on any atom is -0.301 e. The normalized spacial score (nSPS) is 10.5. The molecule has 25 heavy (non-hydrogen) atoms. The van der Waals surface area contributed by atoms with Gasteiger partial charge in [-0.3, -0.25) is 9.59 Å². The Hall–Kier alpha value is -2.82. The number of aromatic nitrogens is 2. The molecule has 0 saturated heterocycles. The molecule has 0 spiro atoms. The molecule has 2 aromatic rings. The fourth-order valence-corrected chi connectivity index (χ4v) is 3.27. The molecule has 2 heterocycles. The quantitative estimate of drug-likeness (QED) is 0.683. The van der Waals surface area contributed by atoms with Crippen molar-refractivity contribution in [2.45, 2.75) is 25.7 Å². The molecule has 128 valence electrons. The van der Waals surface area contributed by atoms with Crippen LogP contribution in [0.25, 0.3) is 0 Å². The van der Waals surface area contributed by atoms with Crippen LogP contribution in [0.3, 0.4) is 0 Å². The zero-order valence-electron chi connectivity index (χ0n) is 13.1. The number of amides is 2. The number of carbonyl (C=O) groups excluding carboxylic acids is 2. The predicted molar refractivity (Wildman–Crippen MR) is 93.6 cm³/mol. The topological polar surface area (TPSA) is 132 Å². The minimum absolute atomic E-state index is 0.000400. The van der Waals surface area contributed by atoms with Crippen molar-refractivity contribution >= 4 is 44.8 Å². The molecular formula is C15H14N6O2S2. The molecule has 0 saturated carbocycles. The van der Waals surface area contributed by atoms with Gasteiger partial charge in [0.05, 0.1) is 12.1 Å². The number of anilines is 2. The monoisotopic (exact) mass is 374 g/mol. The van der Waals surface area contributed by atoms with Crippen LogP contribution >= 0.6 is 22.7 Å². The number of nitrogens with zero attached hydrogens (tertiary/aromatic N) is 4. The number of rotatable bonds is 8. The van der Waals surface area contributed by atoms with Crippen molar-refractivity contribution in [3.8, 4) is 12.1 Å². The first-order valence-electron chi connectivity index (χ1n) is 7.28. The Kier molecular flexibility index (Phi) is 6.57. The third-order valence-electron chi connectivity index (χ3n) is 3.50.